The van der Waals surface area contributed by atoms with Gasteiger partial charge in [-0.25, -0.2) is 22.9 Å². The highest BCUT2D eigenvalue weighted by molar-refractivity contribution is 7.89. The Hall–Kier alpha value is -3.11. The van der Waals surface area contributed by atoms with Gasteiger partial charge in [-0.3, -0.25) is 4.57 Å². The van der Waals surface area contributed by atoms with E-state index in [9.17, 15) is 13.2 Å². The van der Waals surface area contributed by atoms with E-state index in [-0.39, 0.29) is 10.7 Å². The molecule has 0 spiro atoms. The van der Waals surface area contributed by atoms with Crippen molar-refractivity contribution in [3.05, 3.63) is 59.5 Å². The molecule has 2 heterocycles. The lowest BCUT2D eigenvalue weighted by Crippen LogP contribution is -2.30. The maximum absolute atomic E-state index is 12.9. The molecule has 1 unspecified atom stereocenters. The molecule has 10 heteroatoms. The number of esters is 1. The largest absolute Gasteiger partial charge is 0.464 e. The molecule has 0 fully saturated rings. The summed E-state index contributed by atoms with van der Waals surface area (Å²) in [7, 11) is -1.18. The van der Waals surface area contributed by atoms with Crippen molar-refractivity contribution in [3.63, 3.8) is 0 Å². The quantitative estimate of drug-likeness (QED) is 0.533. The minimum absolute atomic E-state index is 0.0431. The molecule has 3 aromatic rings. The predicted octanol–water partition coefficient (Wildman–Crippen LogP) is 3.17. The summed E-state index contributed by atoms with van der Waals surface area (Å²) in [5, 5.41) is -0.0431. The van der Waals surface area contributed by atoms with Gasteiger partial charge in [-0.05, 0) is 45.0 Å². The van der Waals surface area contributed by atoms with Gasteiger partial charge in [0.15, 0.2) is 5.03 Å². The Labute approximate surface area is 181 Å². The van der Waals surface area contributed by atoms with Crippen molar-refractivity contribution >= 4 is 16.0 Å². The van der Waals surface area contributed by atoms with Gasteiger partial charge in [-0.1, -0.05) is 17.7 Å². The van der Waals surface area contributed by atoms with Gasteiger partial charge < -0.3 is 14.0 Å². The van der Waals surface area contributed by atoms with Crippen LogP contribution in [-0.4, -0.2) is 35.6 Å². The highest BCUT2D eigenvalue weighted by Gasteiger charge is 2.26. The lowest BCUT2D eigenvalue weighted by atomic mass is 10.2. The SMILES string of the molecule is CCn1c(C(C)NS(=O)(=O)c2ccc(C(=O)OC)n2C)cnc1Oc1ccc(C)cc1. The third-order valence-corrected chi connectivity index (χ3v) is 6.54. The Kier molecular flexibility index (Phi) is 6.51. The standard InChI is InChI=1S/C21H26N4O5S/c1-6-25-18(13-22-21(25)30-16-9-7-14(2)8-10-16)15(3)23-31(27,28)19-12-11-17(24(19)4)20(26)29-5/h7-13,15,23H,6H2,1-5H3. The molecule has 3 rings (SSSR count). The van der Waals surface area contributed by atoms with Crippen molar-refractivity contribution in [2.24, 2.45) is 7.05 Å². The molecule has 0 aliphatic carbocycles. The fourth-order valence-corrected chi connectivity index (χ4v) is 4.67. The third kappa shape index (κ3) is 4.64. The summed E-state index contributed by atoms with van der Waals surface area (Å²) in [5.41, 5.74) is 1.91. The molecular formula is C21H26N4O5S. The number of nitrogens with one attached hydrogen (secondary N) is 1. The second-order valence-electron chi connectivity index (χ2n) is 7.08. The first-order chi connectivity index (χ1) is 14.7. The number of aryl methyl sites for hydroxylation is 1. The van der Waals surface area contributed by atoms with Crippen LogP contribution in [0.2, 0.25) is 0 Å². The van der Waals surface area contributed by atoms with Crippen LogP contribution in [0, 0.1) is 6.92 Å². The minimum atomic E-state index is -3.92. The summed E-state index contributed by atoms with van der Waals surface area (Å²) in [4.78, 5) is 16.1. The fraction of sp³-hybridized carbons (Fsp3) is 0.333. The van der Waals surface area contributed by atoms with E-state index in [2.05, 4.69) is 14.4 Å². The maximum atomic E-state index is 12.9. The minimum Gasteiger partial charge on any atom is -0.464 e. The number of rotatable bonds is 8. The Morgan fingerprint density at radius 2 is 1.87 bits per heavy atom. The lowest BCUT2D eigenvalue weighted by Gasteiger charge is -2.17. The van der Waals surface area contributed by atoms with Gasteiger partial charge in [0.25, 0.3) is 10.0 Å². The first kappa shape index (κ1) is 22.6. The van der Waals surface area contributed by atoms with Crippen LogP contribution in [0.4, 0.5) is 0 Å². The summed E-state index contributed by atoms with van der Waals surface area (Å²) >= 11 is 0. The fourth-order valence-electron chi connectivity index (χ4n) is 3.25. The number of imidazole rings is 1. The summed E-state index contributed by atoms with van der Waals surface area (Å²) in [6.45, 7) is 6.18. The van der Waals surface area contributed by atoms with Gasteiger partial charge in [0.05, 0.1) is 25.0 Å². The second kappa shape index (κ2) is 8.94. The number of methoxy groups -OCH3 is 1. The molecule has 0 aliphatic heterocycles. The van der Waals surface area contributed by atoms with E-state index in [1.165, 1.54) is 30.9 Å². The van der Waals surface area contributed by atoms with Crippen LogP contribution in [0.15, 0.2) is 47.6 Å². The molecule has 0 radical (unpaired) electrons. The molecule has 0 aliphatic rings. The monoisotopic (exact) mass is 446 g/mol. The molecule has 0 saturated heterocycles. The molecule has 1 atom stereocenters. The Morgan fingerprint density at radius 1 is 1.19 bits per heavy atom. The molecule has 31 heavy (non-hydrogen) atoms. The van der Waals surface area contributed by atoms with Gasteiger partial charge in [-0.15, -0.1) is 0 Å². The highest BCUT2D eigenvalue weighted by Crippen LogP contribution is 2.26. The average molecular weight is 447 g/mol. The highest BCUT2D eigenvalue weighted by atomic mass is 32.2. The zero-order valence-corrected chi connectivity index (χ0v) is 18.9. The van der Waals surface area contributed by atoms with Crippen molar-refractivity contribution in [3.8, 4) is 11.8 Å². The van der Waals surface area contributed by atoms with Crippen molar-refractivity contribution in [1.29, 1.82) is 0 Å². The molecule has 1 aromatic carbocycles. The normalized spacial score (nSPS) is 12.5. The van der Waals surface area contributed by atoms with Crippen LogP contribution in [0.25, 0.3) is 0 Å². The lowest BCUT2D eigenvalue weighted by molar-refractivity contribution is 0.0589. The molecule has 2 aromatic heterocycles. The van der Waals surface area contributed by atoms with Crippen LogP contribution in [0.5, 0.6) is 11.8 Å². The van der Waals surface area contributed by atoms with E-state index in [0.29, 0.717) is 24.0 Å². The molecule has 1 N–H and O–H groups in total. The number of benzene rings is 1. The van der Waals surface area contributed by atoms with E-state index < -0.39 is 22.0 Å². The van der Waals surface area contributed by atoms with Gasteiger partial charge >= 0.3 is 12.0 Å². The van der Waals surface area contributed by atoms with E-state index in [0.717, 1.165) is 5.56 Å². The first-order valence-corrected chi connectivity index (χ1v) is 11.2. The zero-order valence-electron chi connectivity index (χ0n) is 18.1. The Bertz CT molecular complexity index is 1180. The van der Waals surface area contributed by atoms with Crippen LogP contribution >= 0.6 is 0 Å². The van der Waals surface area contributed by atoms with Crippen LogP contribution in [-0.2, 0) is 28.4 Å². The molecule has 9 nitrogen and oxygen atoms in total. The van der Waals surface area contributed by atoms with Crippen molar-refractivity contribution in [2.75, 3.05) is 7.11 Å². The number of nitrogens with zero attached hydrogens (tertiary/aromatic N) is 3. The summed E-state index contributed by atoms with van der Waals surface area (Å²) < 4.78 is 42.2. The summed E-state index contributed by atoms with van der Waals surface area (Å²) in [6, 6.07) is 10.1. The maximum Gasteiger partial charge on any atom is 0.354 e. The number of hydrogen-bond acceptors (Lipinski definition) is 6. The van der Waals surface area contributed by atoms with Gasteiger partial charge in [0, 0.05) is 13.6 Å². The molecule has 166 valence electrons. The topological polar surface area (TPSA) is 104 Å². The summed E-state index contributed by atoms with van der Waals surface area (Å²) in [6.07, 6.45) is 1.59. The van der Waals surface area contributed by atoms with Crippen LogP contribution in [0.3, 0.4) is 0 Å². The second-order valence-corrected chi connectivity index (χ2v) is 8.74. The zero-order chi connectivity index (χ0) is 22.8. The van der Waals surface area contributed by atoms with E-state index in [4.69, 9.17) is 4.74 Å². The van der Waals surface area contributed by atoms with Gasteiger partial charge in [0.1, 0.15) is 11.4 Å². The third-order valence-electron chi connectivity index (χ3n) is 4.92. The predicted molar refractivity (Wildman–Crippen MR) is 115 cm³/mol. The van der Waals surface area contributed by atoms with Gasteiger partial charge in [-0.2, -0.15) is 0 Å². The molecular weight excluding hydrogens is 420 g/mol. The number of carbonyl (C=O) groups excluding carboxylic acids is 1. The molecule has 0 amide bonds. The number of aromatic nitrogens is 3. The Morgan fingerprint density at radius 3 is 2.48 bits per heavy atom. The summed E-state index contributed by atoms with van der Waals surface area (Å²) in [5.74, 6) is 0.0313. The smallest absolute Gasteiger partial charge is 0.354 e. The molecule has 0 saturated carbocycles. The number of hydrogen-bond donors (Lipinski definition) is 1. The number of sulfonamides is 1. The van der Waals surface area contributed by atoms with Crippen molar-refractivity contribution < 1.29 is 22.7 Å². The van der Waals surface area contributed by atoms with Crippen molar-refractivity contribution in [1.82, 2.24) is 18.8 Å². The van der Waals surface area contributed by atoms with Crippen molar-refractivity contribution in [2.45, 2.75) is 38.4 Å². The number of ether oxygens (including phenoxy) is 2. The molecule has 0 bridgehead atoms. The number of carbonyl (C=O) groups is 1. The van der Waals surface area contributed by atoms with Crippen LogP contribution < -0.4 is 9.46 Å². The van der Waals surface area contributed by atoms with Crippen LogP contribution in [0.1, 0.15) is 41.6 Å². The first-order valence-electron chi connectivity index (χ1n) is 9.74. The van der Waals surface area contributed by atoms with E-state index in [1.807, 2.05) is 38.1 Å². The van der Waals surface area contributed by atoms with Gasteiger partial charge in [0.2, 0.25) is 0 Å². The van der Waals surface area contributed by atoms with E-state index >= 15 is 0 Å². The Balaban J connectivity index is 1.84. The van der Waals surface area contributed by atoms with E-state index in [1.54, 1.807) is 17.7 Å². The average Bonchev–Trinajstić information content (AvgIpc) is 3.32.